The number of nitro groups is 2. The number of aryl methyl sites for hydroxylation is 4. The number of non-ortho nitro benzene ring substituents is 2. The summed E-state index contributed by atoms with van der Waals surface area (Å²) in [4.78, 5) is 47.1. The van der Waals surface area contributed by atoms with Crippen molar-refractivity contribution < 1.29 is 19.4 Å². The number of anilines is 2. The van der Waals surface area contributed by atoms with E-state index in [1.807, 2.05) is 27.7 Å². The summed E-state index contributed by atoms with van der Waals surface area (Å²) in [5, 5.41) is 28.0. The van der Waals surface area contributed by atoms with Gasteiger partial charge in [0.15, 0.2) is 0 Å². The van der Waals surface area contributed by atoms with Crippen LogP contribution in [0.4, 0.5) is 22.7 Å². The second kappa shape index (κ2) is 12.9. The summed E-state index contributed by atoms with van der Waals surface area (Å²) in [5.41, 5.74) is 7.78. The average molecular weight is 621 g/mol. The fraction of sp³-hybridized carbons (Fsp3) is 0.278. The van der Waals surface area contributed by atoms with Crippen molar-refractivity contribution in [3.63, 3.8) is 0 Å². The van der Waals surface area contributed by atoms with Crippen LogP contribution in [0.3, 0.4) is 0 Å². The molecule has 0 unspecified atom stereocenters. The molecule has 5 rings (SSSR count). The molecule has 10 heteroatoms. The summed E-state index contributed by atoms with van der Waals surface area (Å²) in [5.74, 6) is -0.669. The Bertz CT molecular complexity index is 1670. The van der Waals surface area contributed by atoms with Crippen molar-refractivity contribution in [1.82, 2.24) is 0 Å². The summed E-state index contributed by atoms with van der Waals surface area (Å²) in [6.07, 6.45) is 5.24. The predicted octanol–water partition coefficient (Wildman–Crippen LogP) is 8.49. The fourth-order valence-corrected chi connectivity index (χ4v) is 6.61. The molecule has 1 aliphatic rings. The summed E-state index contributed by atoms with van der Waals surface area (Å²) in [6, 6.07) is 19.7. The maximum atomic E-state index is 13.0. The van der Waals surface area contributed by atoms with Gasteiger partial charge in [0.25, 0.3) is 23.2 Å². The van der Waals surface area contributed by atoms with Gasteiger partial charge in [-0.2, -0.15) is 0 Å². The number of nitro benzene ring substituents is 2. The van der Waals surface area contributed by atoms with Crippen LogP contribution in [0, 0.1) is 47.9 Å². The highest BCUT2D eigenvalue weighted by Crippen LogP contribution is 2.47. The normalized spacial score (nSPS) is 13.9. The Hall–Kier alpha value is -5.38. The standard InChI is InChI=1S/C36H36N4O6/c1-22-18-28(19-23(2)32(22)37-34(41)26-8-12-30(13-9-26)39(43)44)36(16-6-5-7-17-36)29-20-24(3)33(25(4)21-29)38-35(42)27-10-14-31(15-11-27)40(45)46/h8-15,18-21H,5-7,16-17H2,1-4H3,(H,37,41)(H,38,42). The molecule has 2 amide bonds. The number of hydrogen-bond acceptors (Lipinski definition) is 6. The molecule has 236 valence electrons. The topological polar surface area (TPSA) is 144 Å². The van der Waals surface area contributed by atoms with Crippen LogP contribution in [0.2, 0.25) is 0 Å². The van der Waals surface area contributed by atoms with Gasteiger partial charge < -0.3 is 10.6 Å². The molecule has 0 saturated heterocycles. The lowest BCUT2D eigenvalue weighted by Gasteiger charge is -2.40. The van der Waals surface area contributed by atoms with Gasteiger partial charge >= 0.3 is 0 Å². The van der Waals surface area contributed by atoms with Crippen molar-refractivity contribution in [3.05, 3.63) is 138 Å². The van der Waals surface area contributed by atoms with Crippen molar-refractivity contribution in [2.75, 3.05) is 10.6 Å². The Morgan fingerprint density at radius 2 is 0.913 bits per heavy atom. The number of hydrogen-bond donors (Lipinski definition) is 2. The third-order valence-electron chi connectivity index (χ3n) is 9.04. The van der Waals surface area contributed by atoms with Crippen molar-refractivity contribution in [2.45, 2.75) is 65.2 Å². The number of rotatable bonds is 8. The number of carbonyl (C=O) groups is 2. The zero-order valence-corrected chi connectivity index (χ0v) is 26.3. The van der Waals surface area contributed by atoms with Crippen LogP contribution < -0.4 is 10.6 Å². The Kier molecular flexibility index (Phi) is 9.00. The Morgan fingerprint density at radius 3 is 1.22 bits per heavy atom. The Balaban J connectivity index is 1.44. The molecular formula is C36H36N4O6. The molecule has 1 aliphatic carbocycles. The highest BCUT2D eigenvalue weighted by atomic mass is 16.6. The molecule has 4 aromatic rings. The molecule has 0 aromatic heterocycles. The van der Waals surface area contributed by atoms with Gasteiger partial charge in [0.2, 0.25) is 0 Å². The minimum atomic E-state index is -0.496. The first kappa shape index (κ1) is 32.0. The molecule has 1 saturated carbocycles. The zero-order valence-electron chi connectivity index (χ0n) is 26.3. The molecule has 0 heterocycles. The maximum Gasteiger partial charge on any atom is 0.269 e. The number of benzene rings is 4. The lowest BCUT2D eigenvalue weighted by Crippen LogP contribution is -2.31. The van der Waals surface area contributed by atoms with Gasteiger partial charge in [0.1, 0.15) is 0 Å². The molecule has 0 atom stereocenters. The Morgan fingerprint density at radius 1 is 0.587 bits per heavy atom. The number of nitrogens with zero attached hydrogens (tertiary/aromatic N) is 2. The van der Waals surface area contributed by atoms with Crippen molar-refractivity contribution in [3.8, 4) is 0 Å². The van der Waals surface area contributed by atoms with Gasteiger partial charge in [0.05, 0.1) is 9.85 Å². The van der Waals surface area contributed by atoms with E-state index in [1.54, 1.807) is 0 Å². The van der Waals surface area contributed by atoms with Crippen LogP contribution in [0.1, 0.15) is 86.2 Å². The lowest BCUT2D eigenvalue weighted by molar-refractivity contribution is -0.385. The highest BCUT2D eigenvalue weighted by Gasteiger charge is 2.37. The quantitative estimate of drug-likeness (QED) is 0.149. The SMILES string of the molecule is Cc1cc(C2(c3cc(C)c(NC(=O)c4ccc([N+](=O)[O-])cc4)c(C)c3)CCCCC2)cc(C)c1NC(=O)c1ccc([N+](=O)[O-])cc1. The van der Waals surface area contributed by atoms with Gasteiger partial charge in [0, 0.05) is 52.2 Å². The second-order valence-corrected chi connectivity index (χ2v) is 12.1. The second-order valence-electron chi connectivity index (χ2n) is 12.1. The van der Waals surface area contributed by atoms with E-state index in [4.69, 9.17) is 0 Å². The number of nitrogens with one attached hydrogen (secondary N) is 2. The number of amides is 2. The molecule has 0 aliphatic heterocycles. The highest BCUT2D eigenvalue weighted by molar-refractivity contribution is 6.06. The van der Waals surface area contributed by atoms with E-state index in [1.165, 1.54) is 59.7 Å². The molecule has 10 nitrogen and oxygen atoms in total. The monoisotopic (exact) mass is 620 g/mol. The fourth-order valence-electron chi connectivity index (χ4n) is 6.61. The maximum absolute atomic E-state index is 13.0. The predicted molar refractivity (Wildman–Crippen MR) is 178 cm³/mol. The van der Waals surface area contributed by atoms with E-state index in [-0.39, 0.29) is 28.6 Å². The van der Waals surface area contributed by atoms with E-state index in [0.717, 1.165) is 65.7 Å². The van der Waals surface area contributed by atoms with Crippen molar-refractivity contribution in [2.24, 2.45) is 0 Å². The van der Waals surface area contributed by atoms with Gasteiger partial charge in [-0.05, 0) is 98.2 Å². The molecule has 0 radical (unpaired) electrons. The zero-order chi connectivity index (χ0) is 33.2. The van der Waals surface area contributed by atoms with Gasteiger partial charge in [-0.3, -0.25) is 29.8 Å². The van der Waals surface area contributed by atoms with Crippen molar-refractivity contribution in [1.29, 1.82) is 0 Å². The minimum Gasteiger partial charge on any atom is -0.322 e. The van der Waals surface area contributed by atoms with Gasteiger partial charge in [-0.1, -0.05) is 43.5 Å². The summed E-state index contributed by atoms with van der Waals surface area (Å²) >= 11 is 0. The molecule has 0 bridgehead atoms. The number of carbonyl (C=O) groups excluding carboxylic acids is 2. The first-order valence-corrected chi connectivity index (χ1v) is 15.2. The van der Waals surface area contributed by atoms with E-state index >= 15 is 0 Å². The molecular weight excluding hydrogens is 584 g/mol. The molecule has 4 aromatic carbocycles. The third kappa shape index (κ3) is 6.37. The summed E-state index contributed by atoms with van der Waals surface area (Å²) in [6.45, 7) is 7.91. The average Bonchev–Trinajstić information content (AvgIpc) is 3.04. The van der Waals surface area contributed by atoms with Gasteiger partial charge in [-0.15, -0.1) is 0 Å². The van der Waals surface area contributed by atoms with E-state index < -0.39 is 9.85 Å². The van der Waals surface area contributed by atoms with Crippen LogP contribution in [-0.2, 0) is 5.41 Å². The lowest BCUT2D eigenvalue weighted by atomic mass is 9.64. The molecule has 46 heavy (non-hydrogen) atoms. The van der Waals surface area contributed by atoms with E-state index in [0.29, 0.717) is 11.1 Å². The van der Waals surface area contributed by atoms with Crippen molar-refractivity contribution >= 4 is 34.6 Å². The van der Waals surface area contributed by atoms with Crippen LogP contribution in [0.25, 0.3) is 0 Å². The minimum absolute atomic E-state index is 0.0728. The largest absolute Gasteiger partial charge is 0.322 e. The van der Waals surface area contributed by atoms with Gasteiger partial charge in [-0.25, -0.2) is 0 Å². The third-order valence-corrected chi connectivity index (χ3v) is 9.04. The van der Waals surface area contributed by atoms with E-state index in [2.05, 4.69) is 34.9 Å². The molecule has 0 spiro atoms. The van der Waals surface area contributed by atoms with Crippen LogP contribution >= 0.6 is 0 Å². The van der Waals surface area contributed by atoms with Crippen LogP contribution in [0.15, 0.2) is 72.8 Å². The summed E-state index contributed by atoms with van der Waals surface area (Å²) < 4.78 is 0. The Labute approximate surface area is 267 Å². The van der Waals surface area contributed by atoms with Crippen LogP contribution in [-0.4, -0.2) is 21.7 Å². The van der Waals surface area contributed by atoms with Crippen LogP contribution in [0.5, 0.6) is 0 Å². The van der Waals surface area contributed by atoms with E-state index in [9.17, 15) is 29.8 Å². The smallest absolute Gasteiger partial charge is 0.269 e. The molecule has 2 N–H and O–H groups in total. The molecule has 1 fully saturated rings. The summed E-state index contributed by atoms with van der Waals surface area (Å²) in [7, 11) is 0. The first-order chi connectivity index (χ1) is 21.9. The first-order valence-electron chi connectivity index (χ1n) is 15.2.